The standard InChI is InChI=1S/C18H15F3N2O2/c1-23-15-8-3-2-7-14(15)16(22-23)17(24)25-10-9-12-5-4-6-13(11-12)18(19,20)21/h2-8,11H,9-10H2,1H3. The minimum Gasteiger partial charge on any atom is -0.461 e. The number of carbonyl (C=O) groups excluding carboxylic acids is 1. The number of rotatable bonds is 4. The van der Waals surface area contributed by atoms with Crippen molar-refractivity contribution in [1.29, 1.82) is 0 Å². The van der Waals surface area contributed by atoms with E-state index in [0.29, 0.717) is 10.9 Å². The Morgan fingerprint density at radius 3 is 2.68 bits per heavy atom. The Balaban J connectivity index is 1.67. The van der Waals surface area contributed by atoms with Gasteiger partial charge in [-0.15, -0.1) is 0 Å². The molecule has 0 fully saturated rings. The largest absolute Gasteiger partial charge is 0.461 e. The second-order valence-electron chi connectivity index (χ2n) is 5.57. The molecule has 25 heavy (non-hydrogen) atoms. The maximum absolute atomic E-state index is 12.7. The molecule has 0 spiro atoms. The zero-order chi connectivity index (χ0) is 18.0. The Labute approximate surface area is 141 Å². The van der Waals surface area contributed by atoms with Gasteiger partial charge in [0, 0.05) is 18.9 Å². The van der Waals surface area contributed by atoms with Gasteiger partial charge in [0.05, 0.1) is 17.7 Å². The van der Waals surface area contributed by atoms with Gasteiger partial charge in [-0.25, -0.2) is 4.79 Å². The van der Waals surface area contributed by atoms with Gasteiger partial charge in [-0.1, -0.05) is 36.4 Å². The van der Waals surface area contributed by atoms with Gasteiger partial charge in [0.15, 0.2) is 5.69 Å². The van der Waals surface area contributed by atoms with E-state index in [0.717, 1.165) is 17.6 Å². The Morgan fingerprint density at radius 2 is 1.92 bits per heavy atom. The summed E-state index contributed by atoms with van der Waals surface area (Å²) in [6, 6.07) is 12.2. The van der Waals surface area contributed by atoms with Crippen molar-refractivity contribution in [1.82, 2.24) is 9.78 Å². The van der Waals surface area contributed by atoms with Crippen molar-refractivity contribution in [3.63, 3.8) is 0 Å². The molecule has 0 amide bonds. The monoisotopic (exact) mass is 348 g/mol. The van der Waals surface area contributed by atoms with Crippen molar-refractivity contribution in [2.24, 2.45) is 7.05 Å². The van der Waals surface area contributed by atoms with Crippen LogP contribution in [0, 0.1) is 0 Å². The zero-order valence-electron chi connectivity index (χ0n) is 13.4. The van der Waals surface area contributed by atoms with E-state index in [2.05, 4.69) is 5.10 Å². The molecule has 1 aromatic heterocycles. The van der Waals surface area contributed by atoms with Gasteiger partial charge >= 0.3 is 12.1 Å². The van der Waals surface area contributed by atoms with Crippen molar-refractivity contribution in [2.45, 2.75) is 12.6 Å². The van der Waals surface area contributed by atoms with Crippen molar-refractivity contribution in [3.8, 4) is 0 Å². The molecule has 0 atom stereocenters. The summed E-state index contributed by atoms with van der Waals surface area (Å²) in [5.41, 5.74) is 0.732. The fraction of sp³-hybridized carbons (Fsp3) is 0.222. The molecule has 1 heterocycles. The number of aromatic nitrogens is 2. The molecule has 3 rings (SSSR count). The molecule has 0 saturated heterocycles. The van der Waals surface area contributed by atoms with Crippen molar-refractivity contribution in [3.05, 3.63) is 65.4 Å². The molecule has 130 valence electrons. The second-order valence-corrected chi connectivity index (χ2v) is 5.57. The summed E-state index contributed by atoms with van der Waals surface area (Å²) in [4.78, 5) is 12.2. The maximum Gasteiger partial charge on any atom is 0.416 e. The van der Waals surface area contributed by atoms with Crippen LogP contribution >= 0.6 is 0 Å². The molecular formula is C18H15F3N2O2. The number of fused-ring (bicyclic) bond motifs is 1. The van der Waals surface area contributed by atoms with Crippen LogP contribution < -0.4 is 0 Å². The van der Waals surface area contributed by atoms with Crippen LogP contribution in [0.1, 0.15) is 21.6 Å². The third-order valence-electron chi connectivity index (χ3n) is 3.83. The van der Waals surface area contributed by atoms with Crippen LogP contribution in [0.2, 0.25) is 0 Å². The number of ether oxygens (including phenoxy) is 1. The Bertz CT molecular complexity index is 916. The molecule has 0 bridgehead atoms. The van der Waals surface area contributed by atoms with Crippen LogP contribution in [-0.2, 0) is 24.4 Å². The van der Waals surface area contributed by atoms with E-state index in [9.17, 15) is 18.0 Å². The SMILES string of the molecule is Cn1nc(C(=O)OCCc2cccc(C(F)(F)F)c2)c2ccccc21. The average Bonchev–Trinajstić information content (AvgIpc) is 2.92. The lowest BCUT2D eigenvalue weighted by atomic mass is 10.1. The normalized spacial score (nSPS) is 11.7. The smallest absolute Gasteiger partial charge is 0.416 e. The van der Waals surface area contributed by atoms with Crippen LogP contribution in [0.3, 0.4) is 0 Å². The number of carbonyl (C=O) groups is 1. The first-order valence-electron chi connectivity index (χ1n) is 7.61. The summed E-state index contributed by atoms with van der Waals surface area (Å²) in [6.07, 6.45) is -4.19. The summed E-state index contributed by atoms with van der Waals surface area (Å²) in [6.45, 7) is -0.0228. The van der Waals surface area contributed by atoms with Gasteiger partial charge < -0.3 is 4.74 Å². The number of para-hydroxylation sites is 1. The van der Waals surface area contributed by atoms with Gasteiger partial charge in [0.2, 0.25) is 0 Å². The van der Waals surface area contributed by atoms with Crippen LogP contribution in [0.4, 0.5) is 13.2 Å². The summed E-state index contributed by atoms with van der Waals surface area (Å²) in [5, 5.41) is 4.83. The number of benzene rings is 2. The van der Waals surface area contributed by atoms with Crippen molar-refractivity contribution < 1.29 is 22.7 Å². The van der Waals surface area contributed by atoms with Gasteiger partial charge in [0.1, 0.15) is 0 Å². The van der Waals surface area contributed by atoms with E-state index in [1.54, 1.807) is 29.9 Å². The van der Waals surface area contributed by atoms with E-state index in [4.69, 9.17) is 4.74 Å². The molecule has 0 unspecified atom stereocenters. The van der Waals surface area contributed by atoms with E-state index in [1.807, 2.05) is 12.1 Å². The first kappa shape index (κ1) is 17.0. The topological polar surface area (TPSA) is 44.1 Å². The molecule has 0 saturated carbocycles. The fourth-order valence-electron chi connectivity index (χ4n) is 2.60. The zero-order valence-corrected chi connectivity index (χ0v) is 13.4. The van der Waals surface area contributed by atoms with Crippen molar-refractivity contribution >= 4 is 16.9 Å². The van der Waals surface area contributed by atoms with E-state index in [1.165, 1.54) is 6.07 Å². The highest BCUT2D eigenvalue weighted by molar-refractivity contribution is 6.02. The Kier molecular flexibility index (Phi) is 4.48. The molecule has 0 aliphatic heterocycles. The third-order valence-corrected chi connectivity index (χ3v) is 3.83. The van der Waals surface area contributed by atoms with E-state index < -0.39 is 17.7 Å². The molecule has 3 aromatic rings. The lowest BCUT2D eigenvalue weighted by molar-refractivity contribution is -0.137. The molecule has 7 heteroatoms. The number of esters is 1. The first-order valence-corrected chi connectivity index (χ1v) is 7.61. The maximum atomic E-state index is 12.7. The highest BCUT2D eigenvalue weighted by Gasteiger charge is 2.30. The lowest BCUT2D eigenvalue weighted by Crippen LogP contribution is -2.10. The third kappa shape index (κ3) is 3.65. The summed E-state index contributed by atoms with van der Waals surface area (Å²) in [5.74, 6) is -0.594. The minimum absolute atomic E-state index is 0.0228. The molecule has 0 aliphatic rings. The number of alkyl halides is 3. The quantitative estimate of drug-likeness (QED) is 0.670. The molecule has 4 nitrogen and oxygen atoms in total. The van der Waals surface area contributed by atoms with E-state index >= 15 is 0 Å². The molecule has 2 aromatic carbocycles. The molecule has 0 N–H and O–H groups in total. The van der Waals surface area contributed by atoms with Crippen LogP contribution in [0.15, 0.2) is 48.5 Å². The number of hydrogen-bond donors (Lipinski definition) is 0. The second kappa shape index (κ2) is 6.58. The predicted molar refractivity (Wildman–Crippen MR) is 86.1 cm³/mol. The van der Waals surface area contributed by atoms with Crippen LogP contribution in [0.25, 0.3) is 10.9 Å². The number of hydrogen-bond acceptors (Lipinski definition) is 3. The molecule has 0 radical (unpaired) electrons. The summed E-state index contributed by atoms with van der Waals surface area (Å²) >= 11 is 0. The summed E-state index contributed by atoms with van der Waals surface area (Å²) < 4.78 is 44.8. The van der Waals surface area contributed by atoms with Gasteiger partial charge in [-0.3, -0.25) is 4.68 Å². The first-order chi connectivity index (χ1) is 11.9. The minimum atomic E-state index is -4.39. The molecule has 0 aliphatic carbocycles. The highest BCUT2D eigenvalue weighted by atomic mass is 19.4. The van der Waals surface area contributed by atoms with Crippen molar-refractivity contribution in [2.75, 3.05) is 6.61 Å². The van der Waals surface area contributed by atoms with Gasteiger partial charge in [-0.05, 0) is 17.7 Å². The summed E-state index contributed by atoms with van der Waals surface area (Å²) in [7, 11) is 1.72. The van der Waals surface area contributed by atoms with Crippen LogP contribution in [-0.4, -0.2) is 22.4 Å². The van der Waals surface area contributed by atoms with E-state index in [-0.39, 0.29) is 18.7 Å². The fourth-order valence-corrected chi connectivity index (χ4v) is 2.60. The number of halogens is 3. The van der Waals surface area contributed by atoms with Gasteiger partial charge in [-0.2, -0.15) is 18.3 Å². The van der Waals surface area contributed by atoms with Gasteiger partial charge in [0.25, 0.3) is 0 Å². The number of nitrogens with zero attached hydrogens (tertiary/aromatic N) is 2. The Morgan fingerprint density at radius 1 is 1.16 bits per heavy atom. The molecular weight excluding hydrogens is 333 g/mol. The number of aryl methyl sites for hydroxylation is 1. The highest BCUT2D eigenvalue weighted by Crippen LogP contribution is 2.29. The predicted octanol–water partition coefficient (Wildman–Crippen LogP) is 3.99. The van der Waals surface area contributed by atoms with Crippen LogP contribution in [0.5, 0.6) is 0 Å². The average molecular weight is 348 g/mol. The Hall–Kier alpha value is -2.83. The lowest BCUT2D eigenvalue weighted by Gasteiger charge is -2.09.